The lowest BCUT2D eigenvalue weighted by Gasteiger charge is -2.32. The van der Waals surface area contributed by atoms with Crippen LogP contribution in [0.4, 0.5) is 0 Å². The monoisotopic (exact) mass is 306 g/mol. The fraction of sp³-hybridized carbons (Fsp3) is 0.471. The normalized spacial score (nSPS) is 19.2. The molecule has 1 amide bonds. The molecule has 21 heavy (non-hydrogen) atoms. The van der Waals surface area contributed by atoms with Crippen molar-refractivity contribution in [2.24, 2.45) is 5.92 Å². The van der Waals surface area contributed by atoms with Crippen molar-refractivity contribution < 1.29 is 4.79 Å². The second kappa shape index (κ2) is 7.62. The van der Waals surface area contributed by atoms with Gasteiger partial charge < -0.3 is 10.2 Å². The summed E-state index contributed by atoms with van der Waals surface area (Å²) in [5, 5.41) is 3.93. The van der Waals surface area contributed by atoms with Crippen LogP contribution in [-0.4, -0.2) is 37.5 Å². The maximum absolute atomic E-state index is 12.3. The fourth-order valence-corrected chi connectivity index (χ4v) is 2.90. The predicted molar refractivity (Wildman–Crippen MR) is 88.5 cm³/mol. The number of benzene rings is 1. The Morgan fingerprint density at radius 2 is 2.33 bits per heavy atom. The van der Waals surface area contributed by atoms with Crippen LogP contribution in [0.5, 0.6) is 0 Å². The number of carbonyl (C=O) groups excluding carboxylic acids is 1. The van der Waals surface area contributed by atoms with E-state index in [1.165, 1.54) is 6.42 Å². The van der Waals surface area contributed by atoms with Crippen LogP contribution in [0.1, 0.15) is 24.0 Å². The first-order valence-electron chi connectivity index (χ1n) is 7.48. The second-order valence-electron chi connectivity index (χ2n) is 5.69. The van der Waals surface area contributed by atoms with E-state index in [-0.39, 0.29) is 5.91 Å². The molecule has 1 saturated heterocycles. The van der Waals surface area contributed by atoms with Gasteiger partial charge in [0.15, 0.2) is 0 Å². The third kappa shape index (κ3) is 4.58. The van der Waals surface area contributed by atoms with Gasteiger partial charge in [-0.15, -0.1) is 0 Å². The third-order valence-corrected chi connectivity index (χ3v) is 4.34. The first kappa shape index (κ1) is 16.1. The summed E-state index contributed by atoms with van der Waals surface area (Å²) in [6.07, 6.45) is 5.78. The summed E-state index contributed by atoms with van der Waals surface area (Å²) in [6.45, 7) is 4.65. The first-order chi connectivity index (χ1) is 10.1. The molecule has 2 rings (SSSR count). The van der Waals surface area contributed by atoms with Crippen molar-refractivity contribution in [3.8, 4) is 0 Å². The van der Waals surface area contributed by atoms with Gasteiger partial charge in [-0.25, -0.2) is 0 Å². The zero-order chi connectivity index (χ0) is 15.2. The number of nitrogens with zero attached hydrogens (tertiary/aromatic N) is 1. The SMILES string of the molecule is CNCC1CCCN(C(=O)/C=C/c2ccc(C)c(Cl)c2)C1. The topological polar surface area (TPSA) is 32.3 Å². The van der Waals surface area contributed by atoms with Gasteiger partial charge in [0, 0.05) is 24.2 Å². The van der Waals surface area contributed by atoms with Gasteiger partial charge in [0.1, 0.15) is 0 Å². The van der Waals surface area contributed by atoms with Crippen LogP contribution >= 0.6 is 11.6 Å². The molecule has 0 saturated carbocycles. The molecule has 1 unspecified atom stereocenters. The van der Waals surface area contributed by atoms with E-state index in [9.17, 15) is 4.79 Å². The van der Waals surface area contributed by atoms with Gasteiger partial charge in [0.2, 0.25) is 5.91 Å². The lowest BCUT2D eigenvalue weighted by atomic mass is 9.98. The van der Waals surface area contributed by atoms with Gasteiger partial charge in [0.25, 0.3) is 0 Å². The molecule has 4 heteroatoms. The fourth-order valence-electron chi connectivity index (χ4n) is 2.71. The van der Waals surface area contributed by atoms with E-state index in [4.69, 9.17) is 11.6 Å². The third-order valence-electron chi connectivity index (χ3n) is 3.94. The number of likely N-dealkylation sites (tertiary alicyclic amines) is 1. The maximum Gasteiger partial charge on any atom is 0.246 e. The summed E-state index contributed by atoms with van der Waals surface area (Å²) in [6, 6.07) is 5.84. The highest BCUT2D eigenvalue weighted by Crippen LogP contribution is 2.19. The molecule has 1 aromatic rings. The van der Waals surface area contributed by atoms with Crippen molar-refractivity contribution in [1.82, 2.24) is 10.2 Å². The van der Waals surface area contributed by atoms with E-state index in [0.717, 1.165) is 42.2 Å². The molecule has 1 atom stereocenters. The van der Waals surface area contributed by atoms with Crippen LogP contribution in [0.3, 0.4) is 0 Å². The van der Waals surface area contributed by atoms with Crippen LogP contribution in [0.25, 0.3) is 6.08 Å². The van der Waals surface area contributed by atoms with Crippen LogP contribution in [0.15, 0.2) is 24.3 Å². The number of piperidine rings is 1. The molecule has 114 valence electrons. The Labute approximate surface area is 132 Å². The van der Waals surface area contributed by atoms with Gasteiger partial charge in [-0.1, -0.05) is 23.7 Å². The molecule has 0 bridgehead atoms. The summed E-state index contributed by atoms with van der Waals surface area (Å²) in [7, 11) is 1.96. The quantitative estimate of drug-likeness (QED) is 0.867. The Morgan fingerprint density at radius 1 is 1.52 bits per heavy atom. The summed E-state index contributed by atoms with van der Waals surface area (Å²) < 4.78 is 0. The second-order valence-corrected chi connectivity index (χ2v) is 6.10. The van der Waals surface area contributed by atoms with E-state index >= 15 is 0 Å². The van der Waals surface area contributed by atoms with E-state index in [1.807, 2.05) is 43.1 Å². The van der Waals surface area contributed by atoms with Crippen LogP contribution < -0.4 is 5.32 Å². The van der Waals surface area contributed by atoms with Gasteiger partial charge in [0.05, 0.1) is 0 Å². The molecule has 0 aromatic heterocycles. The van der Waals surface area contributed by atoms with Crippen molar-refractivity contribution in [2.75, 3.05) is 26.7 Å². The molecule has 1 aliphatic rings. The standard InChI is InChI=1S/C17H23ClN2O/c1-13-5-6-14(10-16(13)18)7-8-17(21)20-9-3-4-15(12-20)11-19-2/h5-8,10,15,19H,3-4,9,11-12H2,1-2H3/b8-7+. The van der Waals surface area contributed by atoms with Crippen molar-refractivity contribution in [1.29, 1.82) is 0 Å². The largest absolute Gasteiger partial charge is 0.339 e. The Hall–Kier alpha value is -1.32. The van der Waals surface area contributed by atoms with E-state index in [2.05, 4.69) is 5.32 Å². The molecule has 1 aliphatic heterocycles. The van der Waals surface area contributed by atoms with E-state index < -0.39 is 0 Å². The molecule has 0 aliphatic carbocycles. The number of carbonyl (C=O) groups is 1. The summed E-state index contributed by atoms with van der Waals surface area (Å²) >= 11 is 6.10. The highest BCUT2D eigenvalue weighted by atomic mass is 35.5. The molecule has 0 radical (unpaired) electrons. The Bertz CT molecular complexity index is 526. The number of amides is 1. The number of halogens is 1. The summed E-state index contributed by atoms with van der Waals surface area (Å²) in [5.41, 5.74) is 2.01. The van der Waals surface area contributed by atoms with Gasteiger partial charge >= 0.3 is 0 Å². The molecule has 1 fully saturated rings. The molecule has 0 spiro atoms. The molecular weight excluding hydrogens is 284 g/mol. The minimum atomic E-state index is 0.0903. The number of hydrogen-bond donors (Lipinski definition) is 1. The molecule has 3 nitrogen and oxygen atoms in total. The summed E-state index contributed by atoms with van der Waals surface area (Å²) in [5.74, 6) is 0.655. The Kier molecular flexibility index (Phi) is 5.83. The molecule has 1 heterocycles. The smallest absolute Gasteiger partial charge is 0.246 e. The van der Waals surface area contributed by atoms with Crippen molar-refractivity contribution in [2.45, 2.75) is 19.8 Å². The van der Waals surface area contributed by atoms with Gasteiger partial charge in [-0.05, 0) is 62.5 Å². The predicted octanol–water partition coefficient (Wildman–Crippen LogP) is 3.12. The molecule has 1 aromatic carbocycles. The minimum absolute atomic E-state index is 0.0903. The molecule has 1 N–H and O–H groups in total. The van der Waals surface area contributed by atoms with E-state index in [0.29, 0.717) is 5.92 Å². The van der Waals surface area contributed by atoms with Crippen molar-refractivity contribution in [3.05, 3.63) is 40.4 Å². The summed E-state index contributed by atoms with van der Waals surface area (Å²) in [4.78, 5) is 14.2. The Balaban J connectivity index is 1.96. The average Bonchev–Trinajstić information content (AvgIpc) is 2.49. The highest BCUT2D eigenvalue weighted by molar-refractivity contribution is 6.31. The lowest BCUT2D eigenvalue weighted by molar-refractivity contribution is -0.127. The number of aryl methyl sites for hydroxylation is 1. The average molecular weight is 307 g/mol. The number of hydrogen-bond acceptors (Lipinski definition) is 2. The zero-order valence-corrected chi connectivity index (χ0v) is 13.5. The number of rotatable bonds is 4. The van der Waals surface area contributed by atoms with Gasteiger partial charge in [-0.3, -0.25) is 4.79 Å². The van der Waals surface area contributed by atoms with Crippen LogP contribution in [0.2, 0.25) is 5.02 Å². The van der Waals surface area contributed by atoms with Crippen LogP contribution in [0, 0.1) is 12.8 Å². The lowest BCUT2D eigenvalue weighted by Crippen LogP contribution is -2.41. The zero-order valence-electron chi connectivity index (χ0n) is 12.7. The van der Waals surface area contributed by atoms with Crippen molar-refractivity contribution >= 4 is 23.6 Å². The first-order valence-corrected chi connectivity index (χ1v) is 7.85. The number of nitrogens with one attached hydrogen (secondary N) is 1. The minimum Gasteiger partial charge on any atom is -0.339 e. The Morgan fingerprint density at radius 3 is 3.05 bits per heavy atom. The van der Waals surface area contributed by atoms with Gasteiger partial charge in [-0.2, -0.15) is 0 Å². The molecular formula is C17H23ClN2O. The van der Waals surface area contributed by atoms with E-state index in [1.54, 1.807) is 6.08 Å². The van der Waals surface area contributed by atoms with Crippen molar-refractivity contribution in [3.63, 3.8) is 0 Å². The highest BCUT2D eigenvalue weighted by Gasteiger charge is 2.21. The maximum atomic E-state index is 12.3. The van der Waals surface area contributed by atoms with Crippen LogP contribution in [-0.2, 0) is 4.79 Å².